The van der Waals surface area contributed by atoms with Gasteiger partial charge in [-0.15, -0.1) is 15.3 Å². The van der Waals surface area contributed by atoms with Crippen LogP contribution in [0.15, 0.2) is 0 Å². The zero-order valence-electron chi connectivity index (χ0n) is 10.3. The molecule has 0 aromatic carbocycles. The average molecular weight is 233 g/mol. The van der Waals surface area contributed by atoms with Crippen molar-refractivity contribution < 1.29 is 4.74 Å². The number of hydrogen-bond donors (Lipinski definition) is 0. The number of aromatic nitrogens is 4. The molecule has 0 radical (unpaired) electrons. The minimum atomic E-state index is 0.698. The largest absolute Gasteiger partial charge is 0.480 e. The van der Waals surface area contributed by atoms with Gasteiger partial charge in [-0.2, -0.15) is 4.52 Å². The molecule has 6 nitrogen and oxygen atoms in total. The summed E-state index contributed by atoms with van der Waals surface area (Å²) in [4.78, 5) is 2.27. The molecule has 0 amide bonds. The van der Waals surface area contributed by atoms with Gasteiger partial charge in [0.1, 0.15) is 0 Å². The molecule has 2 aromatic heterocycles. The summed E-state index contributed by atoms with van der Waals surface area (Å²) < 4.78 is 7.14. The van der Waals surface area contributed by atoms with Crippen LogP contribution < -0.4 is 4.74 Å². The van der Waals surface area contributed by atoms with Crippen LogP contribution >= 0.6 is 0 Å². The second-order valence-corrected chi connectivity index (χ2v) is 4.44. The van der Waals surface area contributed by atoms with Crippen LogP contribution in [0.2, 0.25) is 0 Å². The second-order valence-electron chi connectivity index (χ2n) is 4.44. The molecule has 0 aliphatic carbocycles. The number of methoxy groups -OCH3 is 1. The Balaban J connectivity index is 2.32. The normalized spacial score (nSPS) is 16.2. The molecule has 3 heterocycles. The van der Waals surface area contributed by atoms with Gasteiger partial charge in [0.15, 0.2) is 11.5 Å². The van der Waals surface area contributed by atoms with Crippen molar-refractivity contribution in [3.63, 3.8) is 0 Å². The third-order valence-electron chi connectivity index (χ3n) is 3.24. The van der Waals surface area contributed by atoms with Gasteiger partial charge in [0.2, 0.25) is 5.88 Å². The third kappa shape index (κ3) is 1.48. The van der Waals surface area contributed by atoms with E-state index in [0.717, 1.165) is 31.0 Å². The minimum Gasteiger partial charge on any atom is -0.480 e. The predicted octanol–water partition coefficient (Wildman–Crippen LogP) is 0.429. The fourth-order valence-electron chi connectivity index (χ4n) is 2.32. The standard InChI is InChI=1S/C11H15N5O/c1-7-12-13-10-9-6-15(2)5-4-8(9)11(17-3)14-16(7)10/h4-6H2,1-3H3. The van der Waals surface area contributed by atoms with Crippen LogP contribution in [-0.2, 0) is 13.0 Å². The summed E-state index contributed by atoms with van der Waals surface area (Å²) in [6.45, 7) is 3.79. The highest BCUT2D eigenvalue weighted by molar-refractivity contribution is 5.54. The first-order chi connectivity index (χ1) is 8.20. The first-order valence-electron chi connectivity index (χ1n) is 5.67. The number of nitrogens with zero attached hydrogens (tertiary/aromatic N) is 5. The number of ether oxygens (including phenoxy) is 1. The number of likely N-dealkylation sites (N-methyl/N-ethyl adjacent to an activating group) is 1. The summed E-state index contributed by atoms with van der Waals surface area (Å²) in [5.41, 5.74) is 3.21. The van der Waals surface area contributed by atoms with E-state index in [1.54, 1.807) is 11.6 Å². The number of rotatable bonds is 1. The second kappa shape index (κ2) is 3.66. The van der Waals surface area contributed by atoms with Gasteiger partial charge in [-0.1, -0.05) is 0 Å². The molecule has 2 aromatic rings. The molecule has 3 rings (SSSR count). The molecule has 0 N–H and O–H groups in total. The lowest BCUT2D eigenvalue weighted by Gasteiger charge is -2.25. The Hall–Kier alpha value is -1.69. The Morgan fingerprint density at radius 3 is 2.82 bits per heavy atom. The highest BCUT2D eigenvalue weighted by Crippen LogP contribution is 2.28. The van der Waals surface area contributed by atoms with Crippen LogP contribution in [-0.4, -0.2) is 45.4 Å². The topological polar surface area (TPSA) is 55.6 Å². The fourth-order valence-corrected chi connectivity index (χ4v) is 2.32. The van der Waals surface area contributed by atoms with E-state index in [1.165, 1.54) is 11.1 Å². The maximum absolute atomic E-state index is 5.37. The van der Waals surface area contributed by atoms with Crippen LogP contribution in [0.3, 0.4) is 0 Å². The molecule has 17 heavy (non-hydrogen) atoms. The molecule has 0 fully saturated rings. The minimum absolute atomic E-state index is 0.698. The van der Waals surface area contributed by atoms with Crippen molar-refractivity contribution in [2.45, 2.75) is 19.9 Å². The van der Waals surface area contributed by atoms with E-state index < -0.39 is 0 Å². The molecule has 6 heteroatoms. The molecule has 0 unspecified atom stereocenters. The highest BCUT2D eigenvalue weighted by Gasteiger charge is 2.23. The van der Waals surface area contributed by atoms with Crippen molar-refractivity contribution in [2.24, 2.45) is 0 Å². The van der Waals surface area contributed by atoms with E-state index in [-0.39, 0.29) is 0 Å². The average Bonchev–Trinajstić information content (AvgIpc) is 2.70. The van der Waals surface area contributed by atoms with Crippen LogP contribution in [0.4, 0.5) is 0 Å². The Morgan fingerprint density at radius 2 is 2.06 bits per heavy atom. The van der Waals surface area contributed by atoms with Gasteiger partial charge >= 0.3 is 0 Å². The number of aryl methyl sites for hydroxylation is 1. The van der Waals surface area contributed by atoms with E-state index >= 15 is 0 Å². The predicted molar refractivity (Wildman–Crippen MR) is 62.1 cm³/mol. The van der Waals surface area contributed by atoms with E-state index in [2.05, 4.69) is 27.2 Å². The van der Waals surface area contributed by atoms with Gasteiger partial charge < -0.3 is 9.64 Å². The van der Waals surface area contributed by atoms with Gasteiger partial charge in [0, 0.05) is 24.2 Å². The molecule has 1 aliphatic heterocycles. The zero-order valence-corrected chi connectivity index (χ0v) is 10.3. The number of hydrogen-bond acceptors (Lipinski definition) is 5. The monoisotopic (exact) mass is 233 g/mol. The summed E-state index contributed by atoms with van der Waals surface area (Å²) in [5.74, 6) is 1.48. The summed E-state index contributed by atoms with van der Waals surface area (Å²) in [6.07, 6.45) is 0.949. The Morgan fingerprint density at radius 1 is 1.24 bits per heavy atom. The summed E-state index contributed by atoms with van der Waals surface area (Å²) >= 11 is 0. The summed E-state index contributed by atoms with van der Waals surface area (Å²) in [6, 6.07) is 0. The van der Waals surface area contributed by atoms with Gasteiger partial charge in [-0.25, -0.2) is 0 Å². The van der Waals surface area contributed by atoms with Crippen LogP contribution in [0.5, 0.6) is 5.88 Å². The number of fused-ring (bicyclic) bond motifs is 3. The smallest absolute Gasteiger partial charge is 0.235 e. The zero-order chi connectivity index (χ0) is 12.0. The first-order valence-corrected chi connectivity index (χ1v) is 5.67. The Bertz CT molecular complexity index is 577. The van der Waals surface area contributed by atoms with E-state index in [4.69, 9.17) is 4.74 Å². The fraction of sp³-hybridized carbons (Fsp3) is 0.545. The molecule has 90 valence electrons. The third-order valence-corrected chi connectivity index (χ3v) is 3.24. The quantitative estimate of drug-likeness (QED) is 0.715. The van der Waals surface area contributed by atoms with Crippen LogP contribution in [0.25, 0.3) is 5.65 Å². The lowest BCUT2D eigenvalue weighted by Crippen LogP contribution is -2.28. The molecule has 0 saturated carbocycles. The molecule has 0 atom stereocenters. The van der Waals surface area contributed by atoms with Crippen LogP contribution in [0, 0.1) is 6.92 Å². The molecule has 0 bridgehead atoms. The lowest BCUT2D eigenvalue weighted by atomic mass is 10.0. The van der Waals surface area contributed by atoms with Crippen molar-refractivity contribution in [1.29, 1.82) is 0 Å². The summed E-state index contributed by atoms with van der Waals surface area (Å²) in [5, 5.41) is 12.7. The van der Waals surface area contributed by atoms with E-state index in [0.29, 0.717) is 5.88 Å². The lowest BCUT2D eigenvalue weighted by molar-refractivity contribution is 0.302. The Kier molecular flexibility index (Phi) is 2.25. The maximum Gasteiger partial charge on any atom is 0.235 e. The van der Waals surface area contributed by atoms with Crippen molar-refractivity contribution in [3.05, 3.63) is 17.0 Å². The first kappa shape index (κ1) is 10.5. The van der Waals surface area contributed by atoms with Gasteiger partial charge in [-0.3, -0.25) is 0 Å². The SMILES string of the molecule is COc1nn2c(C)nnc2c2c1CCN(C)C2. The maximum atomic E-state index is 5.37. The summed E-state index contributed by atoms with van der Waals surface area (Å²) in [7, 11) is 3.77. The molecule has 0 spiro atoms. The molecule has 1 aliphatic rings. The van der Waals surface area contributed by atoms with E-state index in [9.17, 15) is 0 Å². The van der Waals surface area contributed by atoms with Crippen molar-refractivity contribution in [3.8, 4) is 5.88 Å². The molecule has 0 saturated heterocycles. The van der Waals surface area contributed by atoms with Crippen molar-refractivity contribution in [1.82, 2.24) is 24.7 Å². The highest BCUT2D eigenvalue weighted by atomic mass is 16.5. The van der Waals surface area contributed by atoms with E-state index in [1.807, 2.05) is 6.92 Å². The van der Waals surface area contributed by atoms with Gasteiger partial charge in [0.05, 0.1) is 7.11 Å². The molecular weight excluding hydrogens is 218 g/mol. The van der Waals surface area contributed by atoms with Gasteiger partial charge in [0.25, 0.3) is 0 Å². The van der Waals surface area contributed by atoms with Gasteiger partial charge in [-0.05, 0) is 20.4 Å². The van der Waals surface area contributed by atoms with Crippen molar-refractivity contribution >= 4 is 5.65 Å². The van der Waals surface area contributed by atoms with Crippen molar-refractivity contribution in [2.75, 3.05) is 20.7 Å². The molecular formula is C11H15N5O. The van der Waals surface area contributed by atoms with Crippen LogP contribution in [0.1, 0.15) is 17.0 Å². The Labute approximate surface area is 99.2 Å².